The fraction of sp³-hybridized carbons (Fsp3) is 0.414. The Morgan fingerprint density at radius 3 is 2.45 bits per heavy atom. The summed E-state index contributed by atoms with van der Waals surface area (Å²) < 4.78 is 60.9. The lowest BCUT2D eigenvalue weighted by molar-refractivity contribution is 0.0343. The van der Waals surface area contributed by atoms with Crippen molar-refractivity contribution in [1.29, 1.82) is 0 Å². The second-order valence-corrected chi connectivity index (χ2v) is 9.73. The van der Waals surface area contributed by atoms with Crippen LogP contribution in [0.25, 0.3) is 10.9 Å². The molecule has 38 heavy (non-hydrogen) atoms. The van der Waals surface area contributed by atoms with E-state index in [2.05, 4.69) is 21.7 Å². The van der Waals surface area contributed by atoms with Crippen LogP contribution >= 0.6 is 0 Å². The second kappa shape index (κ2) is 12.1. The first-order valence-corrected chi connectivity index (χ1v) is 12.5. The fourth-order valence-corrected chi connectivity index (χ4v) is 4.99. The van der Waals surface area contributed by atoms with E-state index in [4.69, 9.17) is 4.74 Å². The Kier molecular flexibility index (Phi) is 8.87. The van der Waals surface area contributed by atoms with Gasteiger partial charge in [-0.25, -0.2) is 17.6 Å². The minimum absolute atomic E-state index is 0.0561. The maximum absolute atomic E-state index is 15.7. The Balaban J connectivity index is 1.39. The summed E-state index contributed by atoms with van der Waals surface area (Å²) in [6.07, 6.45) is 2.03. The third-order valence-corrected chi connectivity index (χ3v) is 7.38. The number of aliphatic hydroxyl groups excluding tert-OH is 2. The van der Waals surface area contributed by atoms with Crippen molar-refractivity contribution in [3.05, 3.63) is 70.7 Å². The Bertz CT molecular complexity index is 1320. The number of ether oxygens (including phenoxy) is 1. The summed E-state index contributed by atoms with van der Waals surface area (Å²) in [5, 5.41) is 20.6. The lowest BCUT2D eigenvalue weighted by Crippen LogP contribution is -2.42. The Labute approximate surface area is 219 Å². The average Bonchev–Trinajstić information content (AvgIpc) is 2.94. The Morgan fingerprint density at radius 2 is 1.82 bits per heavy atom. The summed E-state index contributed by atoms with van der Waals surface area (Å²) in [5.41, 5.74) is 1.03. The molecule has 2 heterocycles. The van der Waals surface area contributed by atoms with Gasteiger partial charge in [0.25, 0.3) is 0 Å². The van der Waals surface area contributed by atoms with Crippen LogP contribution in [0, 0.1) is 34.7 Å². The van der Waals surface area contributed by atoms with Gasteiger partial charge >= 0.3 is 0 Å². The molecule has 5 nitrogen and oxygen atoms in total. The molecule has 0 unspecified atom stereocenters. The molecule has 0 spiro atoms. The number of aromatic nitrogens is 1. The number of rotatable bonds is 8. The van der Waals surface area contributed by atoms with Gasteiger partial charge in [0.2, 0.25) is 0 Å². The number of likely N-dealkylation sites (tertiary alicyclic amines) is 1. The zero-order chi connectivity index (χ0) is 27.3. The van der Waals surface area contributed by atoms with Crippen molar-refractivity contribution >= 4 is 10.9 Å². The number of halogens is 4. The van der Waals surface area contributed by atoms with E-state index in [-0.39, 0.29) is 25.2 Å². The van der Waals surface area contributed by atoms with E-state index >= 15 is 4.39 Å². The van der Waals surface area contributed by atoms with Gasteiger partial charge in [0.05, 0.1) is 25.8 Å². The highest BCUT2D eigenvalue weighted by molar-refractivity contribution is 5.85. The van der Waals surface area contributed by atoms with Crippen molar-refractivity contribution in [1.82, 2.24) is 9.88 Å². The summed E-state index contributed by atoms with van der Waals surface area (Å²) >= 11 is 0. The van der Waals surface area contributed by atoms with Crippen LogP contribution in [0.1, 0.15) is 48.5 Å². The molecule has 9 heteroatoms. The zero-order valence-electron chi connectivity index (χ0n) is 21.1. The number of fused-ring (bicyclic) bond motifs is 1. The van der Waals surface area contributed by atoms with E-state index in [1.807, 2.05) is 0 Å². The van der Waals surface area contributed by atoms with Gasteiger partial charge < -0.3 is 14.9 Å². The van der Waals surface area contributed by atoms with E-state index in [9.17, 15) is 23.4 Å². The first-order chi connectivity index (χ1) is 18.3. The molecule has 0 aliphatic carbocycles. The van der Waals surface area contributed by atoms with Gasteiger partial charge in [-0.15, -0.1) is 0 Å². The molecule has 1 fully saturated rings. The monoisotopic (exact) mass is 530 g/mol. The second-order valence-electron chi connectivity index (χ2n) is 9.73. The van der Waals surface area contributed by atoms with Gasteiger partial charge in [-0.3, -0.25) is 9.88 Å². The molecule has 2 N–H and O–H groups in total. The van der Waals surface area contributed by atoms with E-state index < -0.39 is 29.0 Å². The number of hydrogen-bond donors (Lipinski definition) is 2. The van der Waals surface area contributed by atoms with Crippen LogP contribution in [-0.2, 0) is 6.61 Å². The molecule has 1 aliphatic heterocycles. The number of aliphatic hydroxyl groups is 2. The highest BCUT2D eigenvalue weighted by Crippen LogP contribution is 2.41. The molecule has 0 bridgehead atoms. The molecular weight excluding hydrogens is 500 g/mol. The zero-order valence-corrected chi connectivity index (χ0v) is 21.1. The quantitative estimate of drug-likeness (QED) is 0.242. The molecule has 0 saturated carbocycles. The van der Waals surface area contributed by atoms with Crippen molar-refractivity contribution in [2.45, 2.75) is 38.5 Å². The standard InChI is InChI=1S/C29H30F4N2O3/c1-38-21-4-5-26-22(15-21)27(20(17-36)16-34-26)23(30)6-7-29(18-37)8-11-35(12-9-29)10-2-3-19-13-24(31)28(33)25(32)14-19/h4-5,13-16,23,36-37H,6-12,17-18H2,1H3/t23-/m1/s1. The minimum atomic E-state index is -1.52. The van der Waals surface area contributed by atoms with Crippen molar-refractivity contribution in [3.8, 4) is 17.6 Å². The number of alkyl halides is 1. The first-order valence-electron chi connectivity index (χ1n) is 12.5. The van der Waals surface area contributed by atoms with E-state index in [1.165, 1.54) is 13.3 Å². The number of benzene rings is 2. The van der Waals surface area contributed by atoms with Crippen LogP contribution in [-0.4, -0.2) is 53.4 Å². The minimum Gasteiger partial charge on any atom is -0.497 e. The lowest BCUT2D eigenvalue weighted by atomic mass is 9.74. The topological polar surface area (TPSA) is 65.8 Å². The molecule has 1 atom stereocenters. The number of hydrogen-bond acceptors (Lipinski definition) is 5. The third-order valence-electron chi connectivity index (χ3n) is 7.38. The summed E-state index contributed by atoms with van der Waals surface area (Å²) in [7, 11) is 1.53. The molecule has 202 valence electrons. The highest BCUT2D eigenvalue weighted by atomic mass is 19.2. The highest BCUT2D eigenvalue weighted by Gasteiger charge is 2.35. The molecule has 4 rings (SSSR count). The molecular formula is C29H30F4N2O3. The van der Waals surface area contributed by atoms with Gasteiger partial charge in [0, 0.05) is 34.9 Å². The van der Waals surface area contributed by atoms with Crippen LogP contribution in [0.2, 0.25) is 0 Å². The number of nitrogens with zero attached hydrogens (tertiary/aromatic N) is 2. The van der Waals surface area contributed by atoms with E-state index in [1.54, 1.807) is 18.2 Å². The lowest BCUT2D eigenvalue weighted by Gasteiger charge is -2.40. The van der Waals surface area contributed by atoms with Crippen LogP contribution in [0.3, 0.4) is 0 Å². The smallest absolute Gasteiger partial charge is 0.194 e. The number of methoxy groups -OCH3 is 1. The summed E-state index contributed by atoms with van der Waals surface area (Å²) in [6, 6.07) is 6.94. The van der Waals surface area contributed by atoms with E-state index in [0.717, 1.165) is 12.1 Å². The number of piperidine rings is 1. The van der Waals surface area contributed by atoms with Crippen LogP contribution in [0.15, 0.2) is 36.5 Å². The molecule has 3 aromatic rings. The fourth-order valence-electron chi connectivity index (χ4n) is 4.99. The van der Waals surface area contributed by atoms with Crippen LogP contribution < -0.4 is 4.74 Å². The largest absolute Gasteiger partial charge is 0.497 e. The van der Waals surface area contributed by atoms with E-state index in [0.29, 0.717) is 66.7 Å². The maximum atomic E-state index is 15.7. The Hall–Kier alpha value is -3.19. The van der Waals surface area contributed by atoms with Gasteiger partial charge in [-0.2, -0.15) is 0 Å². The summed E-state index contributed by atoms with van der Waals surface area (Å²) in [4.78, 5) is 6.37. The van der Waals surface area contributed by atoms with Gasteiger partial charge in [-0.05, 0) is 74.5 Å². The van der Waals surface area contributed by atoms with Crippen molar-refractivity contribution in [2.24, 2.45) is 5.41 Å². The first kappa shape index (κ1) is 27.8. The number of pyridine rings is 1. The van der Waals surface area contributed by atoms with Gasteiger partial charge in [0.1, 0.15) is 11.9 Å². The van der Waals surface area contributed by atoms with Crippen molar-refractivity contribution < 1.29 is 32.5 Å². The predicted molar refractivity (Wildman–Crippen MR) is 136 cm³/mol. The summed E-state index contributed by atoms with van der Waals surface area (Å²) in [6.45, 7) is 1.17. The SMILES string of the molecule is COc1ccc2ncc(CO)c([C@H](F)CCC3(CO)CCN(CC#Cc4cc(F)c(F)c(F)c4)CC3)c2c1. The average molecular weight is 531 g/mol. The molecule has 0 amide bonds. The molecule has 2 aromatic carbocycles. The van der Waals surface area contributed by atoms with Crippen LogP contribution in [0.4, 0.5) is 17.6 Å². The van der Waals surface area contributed by atoms with Gasteiger partial charge in [0.15, 0.2) is 17.5 Å². The molecule has 1 aliphatic rings. The van der Waals surface area contributed by atoms with Crippen molar-refractivity contribution in [2.75, 3.05) is 33.4 Å². The Morgan fingerprint density at radius 1 is 1.11 bits per heavy atom. The third kappa shape index (κ3) is 6.09. The summed E-state index contributed by atoms with van der Waals surface area (Å²) in [5.74, 6) is 2.00. The molecule has 1 saturated heterocycles. The normalized spacial score (nSPS) is 16.2. The van der Waals surface area contributed by atoms with Crippen molar-refractivity contribution in [3.63, 3.8) is 0 Å². The molecule has 0 radical (unpaired) electrons. The van der Waals surface area contributed by atoms with Crippen LogP contribution in [0.5, 0.6) is 5.75 Å². The van der Waals surface area contributed by atoms with Gasteiger partial charge in [-0.1, -0.05) is 11.8 Å². The molecule has 1 aromatic heterocycles. The predicted octanol–water partition coefficient (Wildman–Crippen LogP) is 5.07. The maximum Gasteiger partial charge on any atom is 0.194 e.